The van der Waals surface area contributed by atoms with Crippen LogP contribution in [0.3, 0.4) is 0 Å². The van der Waals surface area contributed by atoms with Gasteiger partial charge >= 0.3 is 5.97 Å². The molecule has 0 aromatic rings. The van der Waals surface area contributed by atoms with Crippen molar-refractivity contribution in [2.24, 2.45) is 0 Å². The summed E-state index contributed by atoms with van der Waals surface area (Å²) in [5, 5.41) is 11.9. The summed E-state index contributed by atoms with van der Waals surface area (Å²) in [4.78, 5) is 12.4. The van der Waals surface area contributed by atoms with Crippen molar-refractivity contribution >= 4 is 5.97 Å². The third-order valence-corrected chi connectivity index (χ3v) is 2.23. The van der Waals surface area contributed by atoms with Crippen LogP contribution in [0.15, 0.2) is 0 Å². The smallest absolute Gasteiger partial charge is 0.317 e. The van der Waals surface area contributed by atoms with E-state index in [0.717, 1.165) is 13.1 Å². The van der Waals surface area contributed by atoms with Crippen LogP contribution in [-0.2, 0) is 4.79 Å². The first kappa shape index (κ1) is 9.48. The van der Waals surface area contributed by atoms with Crippen molar-refractivity contribution in [3.63, 3.8) is 0 Å². The topological polar surface area (TPSA) is 52.6 Å². The van der Waals surface area contributed by atoms with E-state index in [2.05, 4.69) is 12.2 Å². The number of carbonyl (C=O) groups is 1. The second-order valence-corrected chi connectivity index (χ2v) is 3.48. The molecule has 1 heterocycles. The fourth-order valence-electron chi connectivity index (χ4n) is 1.49. The zero-order valence-corrected chi connectivity index (χ0v) is 7.58. The molecule has 0 aromatic heterocycles. The van der Waals surface area contributed by atoms with Crippen molar-refractivity contribution in [3.8, 4) is 0 Å². The number of carboxylic acids is 1. The maximum absolute atomic E-state index is 10.5. The predicted octanol–water partition coefficient (Wildman–Crippen LogP) is -0.247. The minimum Gasteiger partial charge on any atom is -0.480 e. The van der Waals surface area contributed by atoms with Crippen molar-refractivity contribution in [3.05, 3.63) is 0 Å². The average molecular weight is 172 g/mol. The van der Waals surface area contributed by atoms with Gasteiger partial charge in [0.2, 0.25) is 0 Å². The zero-order chi connectivity index (χ0) is 9.14. The van der Waals surface area contributed by atoms with Crippen LogP contribution in [0, 0.1) is 0 Å². The van der Waals surface area contributed by atoms with Crippen molar-refractivity contribution in [2.75, 3.05) is 19.6 Å². The molecule has 0 aliphatic carbocycles. The first-order chi connectivity index (χ1) is 5.59. The van der Waals surface area contributed by atoms with Crippen LogP contribution < -0.4 is 5.32 Å². The van der Waals surface area contributed by atoms with E-state index < -0.39 is 5.97 Å². The molecule has 1 fully saturated rings. The summed E-state index contributed by atoms with van der Waals surface area (Å²) < 4.78 is 0. The molecule has 1 rings (SSSR count). The molecule has 0 spiro atoms. The number of rotatable bonds is 2. The van der Waals surface area contributed by atoms with Crippen LogP contribution in [0.25, 0.3) is 0 Å². The third-order valence-electron chi connectivity index (χ3n) is 2.23. The number of aliphatic carboxylic acids is 1. The lowest BCUT2D eigenvalue weighted by Gasteiger charge is -2.36. The Balaban J connectivity index is 2.43. The zero-order valence-electron chi connectivity index (χ0n) is 7.58. The van der Waals surface area contributed by atoms with Gasteiger partial charge in [-0.15, -0.1) is 0 Å². The fraction of sp³-hybridized carbons (Fsp3) is 0.875. The van der Waals surface area contributed by atoms with Crippen LogP contribution in [0.2, 0.25) is 0 Å². The molecule has 1 aliphatic rings. The number of nitrogens with one attached hydrogen (secondary N) is 1. The largest absolute Gasteiger partial charge is 0.480 e. The van der Waals surface area contributed by atoms with E-state index in [0.29, 0.717) is 12.1 Å². The normalized spacial score (nSPS) is 31.8. The van der Waals surface area contributed by atoms with E-state index in [1.165, 1.54) is 0 Å². The standard InChI is InChI=1S/C8H16N2O2/c1-6-4-10(5-8(11)12)7(2)3-9-6/h6-7,9H,3-5H2,1-2H3,(H,11,12). The van der Waals surface area contributed by atoms with Gasteiger partial charge in [-0.25, -0.2) is 0 Å². The Labute approximate surface area is 72.6 Å². The summed E-state index contributed by atoms with van der Waals surface area (Å²) in [7, 11) is 0. The van der Waals surface area contributed by atoms with Gasteiger partial charge in [-0.2, -0.15) is 0 Å². The Morgan fingerprint density at radius 3 is 2.92 bits per heavy atom. The van der Waals surface area contributed by atoms with Gasteiger partial charge in [-0.1, -0.05) is 0 Å². The summed E-state index contributed by atoms with van der Waals surface area (Å²) in [6, 6.07) is 0.734. The molecule has 0 bridgehead atoms. The Morgan fingerprint density at radius 2 is 2.33 bits per heavy atom. The van der Waals surface area contributed by atoms with E-state index in [1.54, 1.807) is 0 Å². The second-order valence-electron chi connectivity index (χ2n) is 3.48. The van der Waals surface area contributed by atoms with Gasteiger partial charge in [0.15, 0.2) is 0 Å². The van der Waals surface area contributed by atoms with Crippen molar-refractivity contribution < 1.29 is 9.90 Å². The molecule has 0 radical (unpaired) electrons. The molecular weight excluding hydrogens is 156 g/mol. The van der Waals surface area contributed by atoms with Crippen LogP contribution in [-0.4, -0.2) is 47.7 Å². The van der Waals surface area contributed by atoms with E-state index in [-0.39, 0.29) is 6.54 Å². The molecule has 70 valence electrons. The number of nitrogens with zero attached hydrogens (tertiary/aromatic N) is 1. The Bertz CT molecular complexity index is 172. The molecule has 2 atom stereocenters. The highest BCUT2D eigenvalue weighted by atomic mass is 16.4. The molecule has 2 unspecified atom stereocenters. The van der Waals surface area contributed by atoms with Gasteiger partial charge in [0, 0.05) is 25.2 Å². The first-order valence-corrected chi connectivity index (χ1v) is 4.29. The van der Waals surface area contributed by atoms with E-state index in [9.17, 15) is 4.79 Å². The maximum atomic E-state index is 10.5. The monoisotopic (exact) mass is 172 g/mol. The molecular formula is C8H16N2O2. The molecule has 1 aliphatic heterocycles. The van der Waals surface area contributed by atoms with Crippen LogP contribution >= 0.6 is 0 Å². The SMILES string of the molecule is CC1CN(CC(=O)O)C(C)CN1. The molecule has 4 heteroatoms. The number of carboxylic acid groups (broad SMARTS) is 1. The summed E-state index contributed by atoms with van der Waals surface area (Å²) >= 11 is 0. The molecule has 4 nitrogen and oxygen atoms in total. The summed E-state index contributed by atoms with van der Waals surface area (Å²) in [5.74, 6) is -0.740. The van der Waals surface area contributed by atoms with E-state index in [1.807, 2.05) is 11.8 Å². The molecule has 0 aromatic carbocycles. The summed E-state index contributed by atoms with van der Waals surface area (Å²) in [6.45, 7) is 5.98. The predicted molar refractivity (Wildman–Crippen MR) is 46.1 cm³/mol. The quantitative estimate of drug-likeness (QED) is 0.603. The van der Waals surface area contributed by atoms with Crippen molar-refractivity contribution in [1.82, 2.24) is 10.2 Å². The first-order valence-electron chi connectivity index (χ1n) is 4.29. The lowest BCUT2D eigenvalue weighted by Crippen LogP contribution is -2.55. The second kappa shape index (κ2) is 3.87. The van der Waals surface area contributed by atoms with Crippen molar-refractivity contribution in [1.29, 1.82) is 0 Å². The fourth-order valence-corrected chi connectivity index (χ4v) is 1.49. The van der Waals surface area contributed by atoms with Gasteiger partial charge in [-0.05, 0) is 13.8 Å². The molecule has 12 heavy (non-hydrogen) atoms. The minimum absolute atomic E-state index is 0.160. The number of hydrogen-bond acceptors (Lipinski definition) is 3. The van der Waals surface area contributed by atoms with Crippen LogP contribution in [0.5, 0.6) is 0 Å². The van der Waals surface area contributed by atoms with Gasteiger partial charge in [0.05, 0.1) is 6.54 Å². The number of hydrogen-bond donors (Lipinski definition) is 2. The average Bonchev–Trinajstić information content (AvgIpc) is 1.96. The van der Waals surface area contributed by atoms with Crippen LogP contribution in [0.1, 0.15) is 13.8 Å². The highest BCUT2D eigenvalue weighted by molar-refractivity contribution is 5.69. The Morgan fingerprint density at radius 1 is 1.67 bits per heavy atom. The summed E-state index contributed by atoms with van der Waals surface area (Å²) in [5.41, 5.74) is 0. The third kappa shape index (κ3) is 2.46. The summed E-state index contributed by atoms with van der Waals surface area (Å²) in [6.07, 6.45) is 0. The van der Waals surface area contributed by atoms with Gasteiger partial charge in [-0.3, -0.25) is 9.69 Å². The Kier molecular flexibility index (Phi) is 3.05. The maximum Gasteiger partial charge on any atom is 0.317 e. The molecule has 0 saturated carbocycles. The molecule has 0 amide bonds. The molecule has 1 saturated heterocycles. The number of piperazine rings is 1. The van der Waals surface area contributed by atoms with Gasteiger partial charge < -0.3 is 10.4 Å². The van der Waals surface area contributed by atoms with Gasteiger partial charge in [0.1, 0.15) is 0 Å². The lowest BCUT2D eigenvalue weighted by molar-refractivity contribution is -0.139. The van der Waals surface area contributed by atoms with Crippen molar-refractivity contribution in [2.45, 2.75) is 25.9 Å². The van der Waals surface area contributed by atoms with E-state index in [4.69, 9.17) is 5.11 Å². The minimum atomic E-state index is -0.740. The highest BCUT2D eigenvalue weighted by Gasteiger charge is 2.23. The van der Waals surface area contributed by atoms with E-state index >= 15 is 0 Å². The lowest BCUT2D eigenvalue weighted by atomic mass is 10.1. The van der Waals surface area contributed by atoms with Crippen LogP contribution in [0.4, 0.5) is 0 Å². The highest BCUT2D eigenvalue weighted by Crippen LogP contribution is 2.05. The Hall–Kier alpha value is -0.610. The molecule has 2 N–H and O–H groups in total. The van der Waals surface area contributed by atoms with Gasteiger partial charge in [0.25, 0.3) is 0 Å².